The Labute approximate surface area is 86.1 Å². The van der Waals surface area contributed by atoms with E-state index in [9.17, 15) is 8.42 Å². The van der Waals surface area contributed by atoms with Crippen LogP contribution in [-0.2, 0) is 14.8 Å². The lowest BCUT2D eigenvalue weighted by molar-refractivity contribution is 0.127. The van der Waals surface area contributed by atoms with E-state index in [1.807, 2.05) is 20.8 Å². The normalized spacial score (nSPS) is 24.1. The summed E-state index contributed by atoms with van der Waals surface area (Å²) < 4.78 is 31.1. The molecule has 0 radical (unpaired) electrons. The smallest absolute Gasteiger partial charge is 0.214 e. The molecule has 0 aromatic rings. The molecule has 0 aromatic heterocycles. The summed E-state index contributed by atoms with van der Waals surface area (Å²) in [6.45, 7) is 6.19. The molecule has 84 valence electrons. The van der Waals surface area contributed by atoms with Crippen LogP contribution in [0.3, 0.4) is 0 Å². The molecule has 0 aromatic carbocycles. The number of hydrogen-bond donors (Lipinski definition) is 1. The molecule has 0 amide bonds. The minimum absolute atomic E-state index is 0.0876. The van der Waals surface area contributed by atoms with Gasteiger partial charge in [0.15, 0.2) is 0 Å². The van der Waals surface area contributed by atoms with Gasteiger partial charge in [0.2, 0.25) is 10.0 Å². The summed E-state index contributed by atoms with van der Waals surface area (Å²) >= 11 is 0. The first kappa shape index (κ1) is 11.9. The fourth-order valence-electron chi connectivity index (χ4n) is 1.53. The lowest BCUT2D eigenvalue weighted by Crippen LogP contribution is -2.43. The number of sulfonamides is 1. The molecule has 1 fully saturated rings. The van der Waals surface area contributed by atoms with Gasteiger partial charge in [-0.3, -0.25) is 0 Å². The molecule has 1 aliphatic heterocycles. The lowest BCUT2D eigenvalue weighted by Gasteiger charge is -2.21. The van der Waals surface area contributed by atoms with Crippen LogP contribution in [0.4, 0.5) is 0 Å². The number of ether oxygens (including phenoxy) is 1. The maximum atomic E-state index is 11.6. The van der Waals surface area contributed by atoms with E-state index in [0.29, 0.717) is 6.61 Å². The Morgan fingerprint density at radius 1 is 1.43 bits per heavy atom. The van der Waals surface area contributed by atoms with Crippen molar-refractivity contribution in [2.45, 2.75) is 45.3 Å². The van der Waals surface area contributed by atoms with Gasteiger partial charge in [-0.1, -0.05) is 0 Å². The molecule has 0 spiro atoms. The minimum Gasteiger partial charge on any atom is -0.377 e. The predicted octanol–water partition coefficient (Wildman–Crippen LogP) is 0.883. The van der Waals surface area contributed by atoms with E-state index >= 15 is 0 Å². The van der Waals surface area contributed by atoms with E-state index in [2.05, 4.69) is 4.72 Å². The molecule has 1 N–H and O–H groups in total. The monoisotopic (exact) mass is 221 g/mol. The number of hydrogen-bond acceptors (Lipinski definition) is 3. The Morgan fingerprint density at radius 2 is 2.07 bits per heavy atom. The highest BCUT2D eigenvalue weighted by molar-refractivity contribution is 7.89. The van der Waals surface area contributed by atoms with Crippen molar-refractivity contribution in [1.29, 1.82) is 0 Å². The molecule has 1 rings (SSSR count). The first-order valence-corrected chi connectivity index (χ1v) is 6.57. The third-order valence-corrected chi connectivity index (χ3v) is 3.62. The number of nitrogens with one attached hydrogen (secondary N) is 1. The molecular formula is C9H19NO3S. The van der Waals surface area contributed by atoms with Crippen LogP contribution in [0.2, 0.25) is 0 Å². The molecule has 0 saturated carbocycles. The topological polar surface area (TPSA) is 55.4 Å². The van der Waals surface area contributed by atoms with Gasteiger partial charge in [-0.2, -0.15) is 0 Å². The third-order valence-electron chi connectivity index (χ3n) is 1.89. The van der Waals surface area contributed by atoms with E-state index in [-0.39, 0.29) is 11.9 Å². The number of rotatable bonds is 3. The third kappa shape index (κ3) is 4.39. The Balaban J connectivity index is 2.49. The van der Waals surface area contributed by atoms with Crippen LogP contribution in [-0.4, -0.2) is 32.4 Å². The predicted molar refractivity (Wildman–Crippen MR) is 55.6 cm³/mol. The van der Waals surface area contributed by atoms with Gasteiger partial charge in [-0.25, -0.2) is 13.1 Å². The van der Waals surface area contributed by atoms with Crippen LogP contribution >= 0.6 is 0 Å². The SMILES string of the molecule is CC(C)(C)NS(=O)(=O)CC1CCCO1. The summed E-state index contributed by atoms with van der Waals surface area (Å²) in [5, 5.41) is 0. The largest absolute Gasteiger partial charge is 0.377 e. The van der Waals surface area contributed by atoms with Crippen molar-refractivity contribution in [3.05, 3.63) is 0 Å². The molecule has 4 nitrogen and oxygen atoms in total. The maximum absolute atomic E-state index is 11.6. The van der Waals surface area contributed by atoms with Gasteiger partial charge in [0, 0.05) is 12.1 Å². The van der Waals surface area contributed by atoms with E-state index in [0.717, 1.165) is 12.8 Å². The van der Waals surface area contributed by atoms with E-state index < -0.39 is 15.6 Å². The van der Waals surface area contributed by atoms with Crippen LogP contribution in [0.1, 0.15) is 33.6 Å². The van der Waals surface area contributed by atoms with Gasteiger partial charge in [-0.05, 0) is 33.6 Å². The zero-order valence-corrected chi connectivity index (χ0v) is 9.86. The van der Waals surface area contributed by atoms with E-state index in [1.165, 1.54) is 0 Å². The summed E-state index contributed by atoms with van der Waals surface area (Å²) in [6.07, 6.45) is 1.70. The van der Waals surface area contributed by atoms with Crippen molar-refractivity contribution in [3.8, 4) is 0 Å². The van der Waals surface area contributed by atoms with Crippen molar-refractivity contribution in [2.24, 2.45) is 0 Å². The van der Waals surface area contributed by atoms with Crippen molar-refractivity contribution in [1.82, 2.24) is 4.72 Å². The van der Waals surface area contributed by atoms with Crippen molar-refractivity contribution >= 4 is 10.0 Å². The van der Waals surface area contributed by atoms with Crippen LogP contribution in [0.5, 0.6) is 0 Å². The molecular weight excluding hydrogens is 202 g/mol. The molecule has 1 heterocycles. The molecule has 0 aliphatic carbocycles. The highest BCUT2D eigenvalue weighted by Crippen LogP contribution is 2.14. The highest BCUT2D eigenvalue weighted by Gasteiger charge is 2.26. The maximum Gasteiger partial charge on any atom is 0.214 e. The quantitative estimate of drug-likeness (QED) is 0.770. The Hall–Kier alpha value is -0.130. The van der Waals surface area contributed by atoms with Gasteiger partial charge < -0.3 is 4.74 Å². The van der Waals surface area contributed by atoms with E-state index in [1.54, 1.807) is 0 Å². The highest BCUT2D eigenvalue weighted by atomic mass is 32.2. The first-order valence-electron chi connectivity index (χ1n) is 4.92. The van der Waals surface area contributed by atoms with Crippen LogP contribution < -0.4 is 4.72 Å². The fraction of sp³-hybridized carbons (Fsp3) is 1.00. The fourth-order valence-corrected chi connectivity index (χ4v) is 3.30. The molecule has 1 atom stereocenters. The van der Waals surface area contributed by atoms with Gasteiger partial charge in [0.05, 0.1) is 11.9 Å². The Kier molecular flexibility index (Phi) is 3.55. The summed E-state index contributed by atoms with van der Waals surface area (Å²) in [6, 6.07) is 0. The van der Waals surface area contributed by atoms with Gasteiger partial charge in [0.1, 0.15) is 0 Å². The van der Waals surface area contributed by atoms with Crippen molar-refractivity contribution in [2.75, 3.05) is 12.4 Å². The second-order valence-corrected chi connectivity index (χ2v) is 6.54. The summed E-state index contributed by atoms with van der Waals surface area (Å²) in [4.78, 5) is 0. The average molecular weight is 221 g/mol. The standard InChI is InChI=1S/C9H19NO3S/c1-9(2,3)10-14(11,12)7-8-5-4-6-13-8/h8,10H,4-7H2,1-3H3. The van der Waals surface area contributed by atoms with Crippen molar-refractivity contribution in [3.63, 3.8) is 0 Å². The summed E-state index contributed by atoms with van der Waals surface area (Å²) in [5.74, 6) is 0.0876. The molecule has 5 heteroatoms. The Morgan fingerprint density at radius 3 is 2.50 bits per heavy atom. The van der Waals surface area contributed by atoms with Gasteiger partial charge >= 0.3 is 0 Å². The summed E-state index contributed by atoms with van der Waals surface area (Å²) in [7, 11) is -3.20. The van der Waals surface area contributed by atoms with Gasteiger partial charge in [-0.15, -0.1) is 0 Å². The lowest BCUT2D eigenvalue weighted by atomic mass is 10.1. The molecule has 0 bridgehead atoms. The molecule has 1 aliphatic rings. The minimum atomic E-state index is -3.20. The second-order valence-electron chi connectivity index (χ2n) is 4.77. The van der Waals surface area contributed by atoms with Gasteiger partial charge in [0.25, 0.3) is 0 Å². The van der Waals surface area contributed by atoms with Crippen molar-refractivity contribution < 1.29 is 13.2 Å². The van der Waals surface area contributed by atoms with Crippen LogP contribution in [0.15, 0.2) is 0 Å². The van der Waals surface area contributed by atoms with Crippen LogP contribution in [0.25, 0.3) is 0 Å². The first-order chi connectivity index (χ1) is 6.29. The zero-order chi connectivity index (χ0) is 10.8. The summed E-state index contributed by atoms with van der Waals surface area (Å²) in [5.41, 5.74) is -0.405. The second kappa shape index (κ2) is 4.16. The van der Waals surface area contributed by atoms with E-state index in [4.69, 9.17) is 4.74 Å². The zero-order valence-electron chi connectivity index (χ0n) is 9.04. The molecule has 14 heavy (non-hydrogen) atoms. The Bertz CT molecular complexity index is 273. The molecule has 1 saturated heterocycles. The molecule has 1 unspecified atom stereocenters. The average Bonchev–Trinajstić information content (AvgIpc) is 2.31. The van der Waals surface area contributed by atoms with Crippen LogP contribution in [0, 0.1) is 0 Å².